The Bertz CT molecular complexity index is 1060. The van der Waals surface area contributed by atoms with Crippen LogP contribution in [0.1, 0.15) is 60.6 Å². The average Bonchev–Trinajstić information content (AvgIpc) is 3.01. The number of rotatable bonds is 4. The van der Waals surface area contributed by atoms with E-state index in [-0.39, 0.29) is 11.2 Å². The number of fused-ring (bicyclic) bond motifs is 2. The van der Waals surface area contributed by atoms with Gasteiger partial charge in [-0.15, -0.1) is 11.3 Å². The molecule has 0 saturated carbocycles. The molecule has 0 spiro atoms. The van der Waals surface area contributed by atoms with Crippen LogP contribution in [0.15, 0.2) is 30.3 Å². The van der Waals surface area contributed by atoms with Gasteiger partial charge in [-0.2, -0.15) is 0 Å². The van der Waals surface area contributed by atoms with Crippen LogP contribution in [0.2, 0.25) is 0 Å². The third kappa shape index (κ3) is 3.76. The minimum absolute atomic E-state index is 0.0564. The van der Waals surface area contributed by atoms with Gasteiger partial charge in [0.15, 0.2) is 0 Å². The first-order valence-corrected chi connectivity index (χ1v) is 11.1. The normalized spacial score (nSPS) is 16.6. The molecule has 1 aliphatic rings. The van der Waals surface area contributed by atoms with Gasteiger partial charge in [0.1, 0.15) is 15.5 Å². The van der Waals surface area contributed by atoms with Gasteiger partial charge in [0, 0.05) is 16.6 Å². The van der Waals surface area contributed by atoms with Crippen molar-refractivity contribution in [1.82, 2.24) is 4.98 Å². The Hall–Kier alpha value is -2.40. The Balaban J connectivity index is 1.68. The van der Waals surface area contributed by atoms with E-state index in [0.29, 0.717) is 28.7 Å². The van der Waals surface area contributed by atoms with E-state index in [1.54, 1.807) is 12.1 Å². The number of benzene rings is 1. The summed E-state index contributed by atoms with van der Waals surface area (Å²) < 4.78 is 5.46. The number of aromatic nitrogens is 1. The van der Waals surface area contributed by atoms with Gasteiger partial charge in [-0.3, -0.25) is 4.79 Å². The number of carbonyl (C=O) groups excluding carboxylic acids is 1. The lowest BCUT2D eigenvalue weighted by molar-refractivity contribution is 0.104. The summed E-state index contributed by atoms with van der Waals surface area (Å²) in [6.07, 6.45) is 3.18. The van der Waals surface area contributed by atoms with E-state index in [0.717, 1.165) is 35.2 Å². The second kappa shape index (κ2) is 7.45. The fourth-order valence-corrected chi connectivity index (χ4v) is 5.16. The fraction of sp³-hybridized carbons (Fsp3) is 0.417. The molecule has 2 aromatic heterocycles. The van der Waals surface area contributed by atoms with E-state index in [2.05, 4.69) is 26.8 Å². The fourth-order valence-electron chi connectivity index (χ4n) is 4.10. The monoisotopic (exact) mass is 408 g/mol. The lowest BCUT2D eigenvalue weighted by atomic mass is 9.71. The number of ether oxygens (including phenoxy) is 1. The molecular weight excluding hydrogens is 380 g/mol. The quantitative estimate of drug-likeness (QED) is 0.566. The summed E-state index contributed by atoms with van der Waals surface area (Å²) in [5.41, 5.74) is 10.3. The highest BCUT2D eigenvalue weighted by Gasteiger charge is 2.30. The van der Waals surface area contributed by atoms with Gasteiger partial charge in [-0.25, -0.2) is 4.98 Å². The molecule has 1 aromatic carbocycles. The molecule has 2 heterocycles. The molecule has 2 N–H and O–H groups in total. The number of ketones is 1. The van der Waals surface area contributed by atoms with Crippen molar-refractivity contribution >= 4 is 33.0 Å². The van der Waals surface area contributed by atoms with Crippen LogP contribution < -0.4 is 10.5 Å². The van der Waals surface area contributed by atoms with Gasteiger partial charge < -0.3 is 10.5 Å². The first-order valence-electron chi connectivity index (χ1n) is 10.3. The number of anilines is 1. The van der Waals surface area contributed by atoms with Crippen LogP contribution in [0, 0.1) is 11.3 Å². The number of hydrogen-bond donors (Lipinski definition) is 1. The molecule has 0 amide bonds. The molecule has 0 bridgehead atoms. The molecule has 1 atom stereocenters. The molecule has 0 radical (unpaired) electrons. The predicted octanol–water partition coefficient (Wildman–Crippen LogP) is 5.66. The molecule has 4 rings (SSSR count). The first kappa shape index (κ1) is 19.9. The topological polar surface area (TPSA) is 65.2 Å². The van der Waals surface area contributed by atoms with Crippen LogP contribution in [0.25, 0.3) is 10.2 Å². The van der Waals surface area contributed by atoms with Crippen LogP contribution in [0.3, 0.4) is 0 Å². The zero-order valence-electron chi connectivity index (χ0n) is 17.5. The van der Waals surface area contributed by atoms with E-state index in [9.17, 15) is 4.79 Å². The highest BCUT2D eigenvalue weighted by atomic mass is 32.1. The zero-order chi connectivity index (χ0) is 20.8. The molecule has 0 aliphatic heterocycles. The number of thiophene rings is 1. The van der Waals surface area contributed by atoms with E-state index in [1.807, 2.05) is 19.1 Å². The average molecular weight is 409 g/mol. The van der Waals surface area contributed by atoms with Crippen LogP contribution in [0.5, 0.6) is 5.75 Å². The maximum absolute atomic E-state index is 13.1. The Labute approximate surface area is 176 Å². The van der Waals surface area contributed by atoms with Crippen LogP contribution in [-0.2, 0) is 12.8 Å². The maximum atomic E-state index is 13.1. The predicted molar refractivity (Wildman–Crippen MR) is 120 cm³/mol. The molecule has 3 aromatic rings. The molecule has 5 heteroatoms. The second-order valence-corrected chi connectivity index (χ2v) is 9.88. The van der Waals surface area contributed by atoms with Crippen molar-refractivity contribution in [2.75, 3.05) is 12.3 Å². The molecule has 0 saturated heterocycles. The summed E-state index contributed by atoms with van der Waals surface area (Å²) >= 11 is 1.40. The molecule has 29 heavy (non-hydrogen) atoms. The van der Waals surface area contributed by atoms with E-state index in [4.69, 9.17) is 15.5 Å². The van der Waals surface area contributed by atoms with Gasteiger partial charge >= 0.3 is 0 Å². The van der Waals surface area contributed by atoms with Gasteiger partial charge in [-0.1, -0.05) is 20.8 Å². The molecular formula is C24H28N2O2S. The summed E-state index contributed by atoms with van der Waals surface area (Å²) in [7, 11) is 0. The summed E-state index contributed by atoms with van der Waals surface area (Å²) in [6, 6.07) is 9.41. The highest BCUT2D eigenvalue weighted by Crippen LogP contribution is 2.40. The number of nitrogens with zero attached hydrogens (tertiary/aromatic N) is 1. The number of nitrogen functional groups attached to an aromatic ring is 1. The highest BCUT2D eigenvalue weighted by molar-refractivity contribution is 7.21. The second-order valence-electron chi connectivity index (χ2n) is 8.88. The molecule has 0 fully saturated rings. The summed E-state index contributed by atoms with van der Waals surface area (Å²) in [4.78, 5) is 19.4. The number of nitrogens with two attached hydrogens (primary N) is 1. The van der Waals surface area contributed by atoms with Crippen LogP contribution in [-0.4, -0.2) is 17.4 Å². The minimum atomic E-state index is -0.0564. The third-order valence-electron chi connectivity index (χ3n) is 5.94. The molecule has 1 aliphatic carbocycles. The van der Waals surface area contributed by atoms with Gasteiger partial charge in [0.2, 0.25) is 5.78 Å². The smallest absolute Gasteiger partial charge is 0.205 e. The lowest BCUT2D eigenvalue weighted by Gasteiger charge is -2.34. The Morgan fingerprint density at radius 2 is 2.00 bits per heavy atom. The standard InChI is InChI=1S/C24H28N2O2S/c1-5-28-17-9-6-14(7-10-17)21(27)22-20(25)18-13-15-12-16(24(2,3)4)8-11-19(15)26-23(18)29-22/h6-7,9-10,13,16H,5,8,11-12,25H2,1-4H3. The number of pyridine rings is 1. The number of hydrogen-bond acceptors (Lipinski definition) is 5. The summed E-state index contributed by atoms with van der Waals surface area (Å²) in [5.74, 6) is 1.34. The molecule has 152 valence electrons. The Morgan fingerprint density at radius 3 is 2.66 bits per heavy atom. The van der Waals surface area contributed by atoms with Crippen molar-refractivity contribution in [2.45, 2.75) is 47.0 Å². The van der Waals surface area contributed by atoms with E-state index >= 15 is 0 Å². The maximum Gasteiger partial charge on any atom is 0.205 e. The van der Waals surface area contributed by atoms with Crippen molar-refractivity contribution in [2.24, 2.45) is 11.3 Å². The van der Waals surface area contributed by atoms with Gasteiger partial charge in [0.25, 0.3) is 0 Å². The van der Waals surface area contributed by atoms with Crippen molar-refractivity contribution in [3.63, 3.8) is 0 Å². The van der Waals surface area contributed by atoms with E-state index in [1.165, 1.54) is 22.6 Å². The van der Waals surface area contributed by atoms with Crippen LogP contribution in [0.4, 0.5) is 5.69 Å². The molecule has 1 unspecified atom stereocenters. The largest absolute Gasteiger partial charge is 0.494 e. The van der Waals surface area contributed by atoms with Crippen LogP contribution >= 0.6 is 11.3 Å². The van der Waals surface area contributed by atoms with Crippen molar-refractivity contribution in [3.8, 4) is 5.75 Å². The Morgan fingerprint density at radius 1 is 1.28 bits per heavy atom. The lowest BCUT2D eigenvalue weighted by Crippen LogP contribution is -2.27. The number of carbonyl (C=O) groups is 1. The summed E-state index contributed by atoms with van der Waals surface area (Å²) in [6.45, 7) is 9.46. The first-order chi connectivity index (χ1) is 13.8. The molecule has 4 nitrogen and oxygen atoms in total. The SMILES string of the molecule is CCOc1ccc(C(=O)c2sc3nc4c(cc3c2N)CC(C(C)(C)C)CC4)cc1. The Kier molecular flexibility index (Phi) is 5.11. The van der Waals surface area contributed by atoms with Crippen molar-refractivity contribution < 1.29 is 9.53 Å². The zero-order valence-corrected chi connectivity index (χ0v) is 18.4. The minimum Gasteiger partial charge on any atom is -0.494 e. The van der Waals surface area contributed by atoms with Gasteiger partial charge in [0.05, 0.1) is 12.3 Å². The summed E-state index contributed by atoms with van der Waals surface area (Å²) in [5, 5.41) is 0.914. The van der Waals surface area contributed by atoms with Crippen molar-refractivity contribution in [3.05, 3.63) is 52.0 Å². The van der Waals surface area contributed by atoms with Gasteiger partial charge in [-0.05, 0) is 73.4 Å². The third-order valence-corrected chi connectivity index (χ3v) is 7.06. The number of aryl methyl sites for hydroxylation is 1. The van der Waals surface area contributed by atoms with Crippen molar-refractivity contribution in [1.29, 1.82) is 0 Å². The van der Waals surface area contributed by atoms with E-state index < -0.39 is 0 Å².